The minimum absolute atomic E-state index is 0.176. The highest BCUT2D eigenvalue weighted by molar-refractivity contribution is 5.74. The van der Waals surface area contributed by atoms with E-state index in [1.165, 1.54) is 6.33 Å². The molecule has 0 unspecified atom stereocenters. The molecule has 0 saturated carbocycles. The first-order valence-corrected chi connectivity index (χ1v) is 7.69. The molecule has 2 heterocycles. The minimum Gasteiger partial charge on any atom is -0.467 e. The van der Waals surface area contributed by atoms with E-state index in [0.717, 1.165) is 16.9 Å². The molecule has 0 saturated heterocycles. The average Bonchev–Trinajstić information content (AvgIpc) is 3.28. The van der Waals surface area contributed by atoms with E-state index in [0.29, 0.717) is 13.1 Å². The van der Waals surface area contributed by atoms with E-state index in [9.17, 15) is 4.79 Å². The zero-order valence-electron chi connectivity index (χ0n) is 13.3. The number of aromatic nitrogens is 3. The minimum atomic E-state index is -0.231. The van der Waals surface area contributed by atoms with Gasteiger partial charge >= 0.3 is 6.03 Å². The molecule has 7 nitrogen and oxygen atoms in total. The number of carbonyl (C=O) groups excluding carboxylic acids is 1. The lowest BCUT2D eigenvalue weighted by Gasteiger charge is -2.12. The van der Waals surface area contributed by atoms with Crippen molar-refractivity contribution in [2.75, 3.05) is 0 Å². The van der Waals surface area contributed by atoms with Crippen molar-refractivity contribution in [1.29, 1.82) is 0 Å². The summed E-state index contributed by atoms with van der Waals surface area (Å²) in [6.45, 7) is 3.01. The standard InChI is InChI=1S/C17H19N5O2/c1-13(16-3-2-8-24-16)21-17(23)19-9-14-4-6-15(7-5-14)10-22-12-18-11-20-22/h2-8,11-13H,9-10H2,1H3,(H2,19,21,23)/t13-/m1/s1. The third kappa shape index (κ3) is 4.22. The van der Waals surface area contributed by atoms with Gasteiger partial charge in [0.15, 0.2) is 0 Å². The number of nitrogens with zero attached hydrogens (tertiary/aromatic N) is 3. The van der Waals surface area contributed by atoms with Gasteiger partial charge in [0.2, 0.25) is 0 Å². The van der Waals surface area contributed by atoms with E-state index < -0.39 is 0 Å². The fourth-order valence-electron chi connectivity index (χ4n) is 2.30. The van der Waals surface area contributed by atoms with E-state index in [4.69, 9.17) is 4.42 Å². The van der Waals surface area contributed by atoms with E-state index in [-0.39, 0.29) is 12.1 Å². The number of hydrogen-bond acceptors (Lipinski definition) is 4. The Morgan fingerprint density at radius 1 is 1.25 bits per heavy atom. The maximum Gasteiger partial charge on any atom is 0.315 e. The molecule has 0 aliphatic heterocycles. The van der Waals surface area contributed by atoms with Crippen LogP contribution in [0.3, 0.4) is 0 Å². The lowest BCUT2D eigenvalue weighted by molar-refractivity contribution is 0.235. The number of amides is 2. The van der Waals surface area contributed by atoms with Gasteiger partial charge in [-0.3, -0.25) is 0 Å². The molecule has 2 aromatic heterocycles. The Labute approximate surface area is 139 Å². The molecule has 7 heteroatoms. The summed E-state index contributed by atoms with van der Waals surface area (Å²) in [5, 5.41) is 9.74. The van der Waals surface area contributed by atoms with Gasteiger partial charge < -0.3 is 15.1 Å². The van der Waals surface area contributed by atoms with Crippen molar-refractivity contribution in [3.63, 3.8) is 0 Å². The number of carbonyl (C=O) groups is 1. The Morgan fingerprint density at radius 3 is 2.71 bits per heavy atom. The summed E-state index contributed by atoms with van der Waals surface area (Å²) in [5.41, 5.74) is 2.15. The Bertz CT molecular complexity index is 751. The van der Waals surface area contributed by atoms with Crippen LogP contribution in [-0.2, 0) is 13.1 Å². The first-order chi connectivity index (χ1) is 11.7. The maximum absolute atomic E-state index is 11.9. The van der Waals surface area contributed by atoms with Gasteiger partial charge in [0.05, 0.1) is 18.8 Å². The summed E-state index contributed by atoms with van der Waals surface area (Å²) < 4.78 is 7.02. The summed E-state index contributed by atoms with van der Waals surface area (Å²) in [6, 6.07) is 11.2. The van der Waals surface area contributed by atoms with Gasteiger partial charge in [0.25, 0.3) is 0 Å². The number of urea groups is 1. The largest absolute Gasteiger partial charge is 0.467 e. The van der Waals surface area contributed by atoms with Gasteiger partial charge in [-0.15, -0.1) is 0 Å². The quantitative estimate of drug-likeness (QED) is 0.729. The predicted octanol–water partition coefficient (Wildman–Crippen LogP) is 2.48. The third-order valence-corrected chi connectivity index (χ3v) is 3.60. The van der Waals surface area contributed by atoms with Crippen molar-refractivity contribution in [1.82, 2.24) is 25.4 Å². The zero-order chi connectivity index (χ0) is 16.8. The summed E-state index contributed by atoms with van der Waals surface area (Å²) in [5.74, 6) is 0.725. The molecule has 0 fully saturated rings. The summed E-state index contributed by atoms with van der Waals surface area (Å²) in [7, 11) is 0. The van der Waals surface area contributed by atoms with Crippen LogP contribution in [0.25, 0.3) is 0 Å². The fourth-order valence-corrected chi connectivity index (χ4v) is 2.30. The van der Waals surface area contributed by atoms with Gasteiger partial charge in [-0.2, -0.15) is 5.10 Å². The normalized spacial score (nSPS) is 11.9. The number of benzene rings is 1. The maximum atomic E-state index is 11.9. The molecule has 3 rings (SSSR count). The molecule has 1 atom stereocenters. The van der Waals surface area contributed by atoms with Gasteiger partial charge in [-0.25, -0.2) is 14.5 Å². The Balaban J connectivity index is 1.46. The highest BCUT2D eigenvalue weighted by Gasteiger charge is 2.11. The Morgan fingerprint density at radius 2 is 2.04 bits per heavy atom. The van der Waals surface area contributed by atoms with Crippen LogP contribution in [0.1, 0.15) is 29.9 Å². The highest BCUT2D eigenvalue weighted by Crippen LogP contribution is 2.11. The number of hydrogen-bond donors (Lipinski definition) is 2. The number of rotatable bonds is 6. The van der Waals surface area contributed by atoms with Gasteiger partial charge in [0, 0.05) is 6.54 Å². The van der Waals surface area contributed by atoms with E-state index in [1.54, 1.807) is 23.3 Å². The lowest BCUT2D eigenvalue weighted by Crippen LogP contribution is -2.36. The second-order valence-electron chi connectivity index (χ2n) is 5.47. The third-order valence-electron chi connectivity index (χ3n) is 3.60. The first kappa shape index (κ1) is 15.8. The number of furan rings is 1. The molecule has 124 valence electrons. The van der Waals surface area contributed by atoms with Crippen LogP contribution in [0.5, 0.6) is 0 Å². The molecule has 0 radical (unpaired) electrons. The summed E-state index contributed by atoms with van der Waals surface area (Å²) in [4.78, 5) is 15.8. The second-order valence-corrected chi connectivity index (χ2v) is 5.47. The lowest BCUT2D eigenvalue weighted by atomic mass is 10.1. The van der Waals surface area contributed by atoms with Gasteiger partial charge in [-0.1, -0.05) is 24.3 Å². The molecule has 2 N–H and O–H groups in total. The van der Waals surface area contributed by atoms with Crippen LogP contribution in [-0.4, -0.2) is 20.8 Å². The Hall–Kier alpha value is -3.09. The van der Waals surface area contributed by atoms with Crippen molar-refractivity contribution in [2.45, 2.75) is 26.1 Å². The van der Waals surface area contributed by atoms with Crippen LogP contribution in [0.4, 0.5) is 4.79 Å². The van der Waals surface area contributed by atoms with Gasteiger partial charge in [0.1, 0.15) is 18.4 Å². The van der Waals surface area contributed by atoms with Crippen molar-refractivity contribution in [3.8, 4) is 0 Å². The molecular formula is C17H19N5O2. The van der Waals surface area contributed by atoms with Crippen LogP contribution in [0.2, 0.25) is 0 Å². The molecule has 0 spiro atoms. The topological polar surface area (TPSA) is 85.0 Å². The number of nitrogens with one attached hydrogen (secondary N) is 2. The van der Waals surface area contributed by atoms with E-state index >= 15 is 0 Å². The van der Waals surface area contributed by atoms with Crippen LogP contribution >= 0.6 is 0 Å². The van der Waals surface area contributed by atoms with Crippen molar-refractivity contribution < 1.29 is 9.21 Å². The van der Waals surface area contributed by atoms with Crippen molar-refractivity contribution in [2.24, 2.45) is 0 Å². The summed E-state index contributed by atoms with van der Waals surface area (Å²) in [6.07, 6.45) is 4.78. The second kappa shape index (κ2) is 7.45. The highest BCUT2D eigenvalue weighted by atomic mass is 16.3. The molecule has 1 aromatic carbocycles. The average molecular weight is 325 g/mol. The molecule has 2 amide bonds. The van der Waals surface area contributed by atoms with Crippen LogP contribution < -0.4 is 10.6 Å². The molecule has 0 bridgehead atoms. The van der Waals surface area contributed by atoms with Crippen molar-refractivity contribution in [3.05, 3.63) is 72.2 Å². The summed E-state index contributed by atoms with van der Waals surface area (Å²) >= 11 is 0. The molecular weight excluding hydrogens is 306 g/mol. The van der Waals surface area contributed by atoms with E-state index in [2.05, 4.69) is 20.7 Å². The molecule has 0 aliphatic rings. The molecule has 0 aliphatic carbocycles. The first-order valence-electron chi connectivity index (χ1n) is 7.69. The molecule has 24 heavy (non-hydrogen) atoms. The smallest absolute Gasteiger partial charge is 0.315 e. The predicted molar refractivity (Wildman–Crippen MR) is 88.1 cm³/mol. The van der Waals surface area contributed by atoms with Gasteiger partial charge in [-0.05, 0) is 30.2 Å². The fraction of sp³-hybridized carbons (Fsp3) is 0.235. The molecule has 3 aromatic rings. The van der Waals surface area contributed by atoms with Crippen LogP contribution in [0.15, 0.2) is 59.7 Å². The van der Waals surface area contributed by atoms with E-state index in [1.807, 2.05) is 37.3 Å². The SMILES string of the molecule is C[C@@H](NC(=O)NCc1ccc(Cn2cncn2)cc1)c1ccco1. The Kier molecular flexibility index (Phi) is 4.90. The zero-order valence-corrected chi connectivity index (χ0v) is 13.3. The van der Waals surface area contributed by atoms with Crippen LogP contribution in [0, 0.1) is 0 Å². The monoisotopic (exact) mass is 325 g/mol. The van der Waals surface area contributed by atoms with Crippen molar-refractivity contribution >= 4 is 6.03 Å².